The van der Waals surface area contributed by atoms with Crippen LogP contribution in [-0.2, 0) is 14.6 Å². The number of nitrogens with zero attached hydrogens (tertiary/aromatic N) is 5. The van der Waals surface area contributed by atoms with Gasteiger partial charge in [0, 0.05) is 17.7 Å². The molecule has 0 bridgehead atoms. The third-order valence-corrected chi connectivity index (χ3v) is 10.1. The average molecular weight is 633 g/mol. The molecule has 46 heavy (non-hydrogen) atoms. The Hall–Kier alpha value is -5.62. The predicted molar refractivity (Wildman–Crippen MR) is 174 cm³/mol. The van der Waals surface area contributed by atoms with Crippen LogP contribution in [0.4, 0.5) is 22.9 Å². The molecule has 1 N–H and O–H groups in total. The number of hydrogen-bond acceptors (Lipinski definition) is 8. The van der Waals surface area contributed by atoms with Gasteiger partial charge in [-0.15, -0.1) is 0 Å². The number of sulfone groups is 1. The second-order valence-electron chi connectivity index (χ2n) is 11.5. The molecule has 0 unspecified atom stereocenters. The first-order valence-corrected chi connectivity index (χ1v) is 16.1. The number of nitro groups is 1. The summed E-state index contributed by atoms with van der Waals surface area (Å²) >= 11 is 0. The van der Waals surface area contributed by atoms with E-state index in [4.69, 9.17) is 10.1 Å². The molecule has 12 heteroatoms. The molecule has 0 saturated carbocycles. The normalized spacial score (nSPS) is 15.5. The van der Waals surface area contributed by atoms with Crippen LogP contribution in [0.1, 0.15) is 48.2 Å². The Morgan fingerprint density at radius 3 is 2.15 bits per heavy atom. The third-order valence-electron chi connectivity index (χ3n) is 8.34. The lowest BCUT2D eigenvalue weighted by molar-refractivity contribution is -0.384. The minimum atomic E-state index is -3.76. The van der Waals surface area contributed by atoms with Crippen LogP contribution in [-0.4, -0.2) is 34.9 Å². The van der Waals surface area contributed by atoms with Crippen LogP contribution in [0.3, 0.4) is 0 Å². The average Bonchev–Trinajstić information content (AvgIpc) is 3.39. The number of aliphatic imine (C=N–C) groups is 1. The molecule has 1 atom stereocenters. The third kappa shape index (κ3) is 4.65. The molecule has 2 aliphatic heterocycles. The summed E-state index contributed by atoms with van der Waals surface area (Å²) in [4.78, 5) is 31.4. The standard InChI is InChI=1S/C34H28N6O5S/c1-20(2)22-10-16-26(17-11-22)46(44,45)27-18-14-24(15-19-27)39-32-30(21(3)37-39)31(23-8-12-25(13-9-23)40(42)43)38-29-7-5-4-6-28(29)35-34(41)33(38)36-32/h4-20,31H,1-3H3,(H,35,41)/t31-/m0/s1. The summed E-state index contributed by atoms with van der Waals surface area (Å²) in [6, 6.07) is 26.3. The van der Waals surface area contributed by atoms with Crippen molar-refractivity contribution in [1.29, 1.82) is 0 Å². The Labute approximate surface area is 264 Å². The summed E-state index contributed by atoms with van der Waals surface area (Å²) in [6.45, 7) is 5.94. The minimum absolute atomic E-state index is 0.0521. The number of benzene rings is 4. The van der Waals surface area contributed by atoms with E-state index >= 15 is 0 Å². The number of nitrogens with one attached hydrogen (secondary N) is 1. The van der Waals surface area contributed by atoms with E-state index in [9.17, 15) is 23.3 Å². The van der Waals surface area contributed by atoms with Gasteiger partial charge in [0.15, 0.2) is 5.82 Å². The van der Waals surface area contributed by atoms with Gasteiger partial charge >= 0.3 is 0 Å². The number of aryl methyl sites for hydroxylation is 1. The van der Waals surface area contributed by atoms with E-state index in [0.29, 0.717) is 34.0 Å². The number of anilines is 2. The van der Waals surface area contributed by atoms with E-state index in [1.54, 1.807) is 47.1 Å². The van der Waals surface area contributed by atoms with Crippen LogP contribution in [0.25, 0.3) is 5.69 Å². The monoisotopic (exact) mass is 632 g/mol. The molecule has 1 aromatic heterocycles. The fourth-order valence-electron chi connectivity index (χ4n) is 5.95. The number of amidine groups is 1. The lowest BCUT2D eigenvalue weighted by Gasteiger charge is -2.40. The van der Waals surface area contributed by atoms with Crippen LogP contribution in [0, 0.1) is 17.0 Å². The first-order chi connectivity index (χ1) is 22.0. The number of carbonyl (C=O) groups is 1. The first-order valence-electron chi connectivity index (χ1n) is 14.6. The molecule has 4 aromatic carbocycles. The Morgan fingerprint density at radius 2 is 1.52 bits per heavy atom. The van der Waals surface area contributed by atoms with Gasteiger partial charge in [-0.25, -0.2) is 18.1 Å². The summed E-state index contributed by atoms with van der Waals surface area (Å²) in [5, 5.41) is 19.1. The van der Waals surface area contributed by atoms with E-state index in [1.807, 2.05) is 56.0 Å². The van der Waals surface area contributed by atoms with Crippen molar-refractivity contribution in [3.63, 3.8) is 0 Å². The van der Waals surface area contributed by atoms with Gasteiger partial charge in [0.05, 0.1) is 43.5 Å². The van der Waals surface area contributed by atoms with Crippen LogP contribution < -0.4 is 10.2 Å². The highest BCUT2D eigenvalue weighted by Crippen LogP contribution is 2.47. The highest BCUT2D eigenvalue weighted by Gasteiger charge is 2.42. The molecule has 230 valence electrons. The van der Waals surface area contributed by atoms with Crippen LogP contribution in [0.15, 0.2) is 112 Å². The molecular formula is C34H28N6O5S. The number of aromatic nitrogens is 2. The zero-order valence-electron chi connectivity index (χ0n) is 25.1. The second kappa shape index (κ2) is 10.8. The maximum Gasteiger partial charge on any atom is 0.291 e. The zero-order valence-corrected chi connectivity index (χ0v) is 25.9. The zero-order chi connectivity index (χ0) is 32.3. The van der Waals surface area contributed by atoms with Crippen molar-refractivity contribution < 1.29 is 18.1 Å². The van der Waals surface area contributed by atoms with Crippen LogP contribution >= 0.6 is 0 Å². The maximum atomic E-state index is 13.5. The van der Waals surface area contributed by atoms with E-state index in [-0.39, 0.29) is 27.2 Å². The topological polar surface area (TPSA) is 140 Å². The van der Waals surface area contributed by atoms with Gasteiger partial charge in [0.25, 0.3) is 11.6 Å². The van der Waals surface area contributed by atoms with E-state index in [1.165, 1.54) is 24.3 Å². The van der Waals surface area contributed by atoms with Crippen molar-refractivity contribution in [1.82, 2.24) is 9.78 Å². The number of hydrogen-bond donors (Lipinski definition) is 1. The Balaban J connectivity index is 1.34. The molecule has 0 aliphatic carbocycles. The van der Waals surface area contributed by atoms with Gasteiger partial charge < -0.3 is 10.2 Å². The summed E-state index contributed by atoms with van der Waals surface area (Å²) < 4.78 is 28.4. The molecule has 0 spiro atoms. The van der Waals surface area contributed by atoms with Crippen molar-refractivity contribution in [2.24, 2.45) is 4.99 Å². The van der Waals surface area contributed by atoms with E-state index in [2.05, 4.69) is 5.32 Å². The lowest BCUT2D eigenvalue weighted by atomic mass is 9.93. The fourth-order valence-corrected chi connectivity index (χ4v) is 7.21. The fraction of sp³-hybridized carbons (Fsp3) is 0.147. The molecule has 3 heterocycles. The molecular weight excluding hydrogens is 604 g/mol. The lowest BCUT2D eigenvalue weighted by Crippen LogP contribution is -2.48. The first kappa shape index (κ1) is 29.1. The Morgan fingerprint density at radius 1 is 0.891 bits per heavy atom. The van der Waals surface area contributed by atoms with E-state index in [0.717, 1.165) is 11.3 Å². The van der Waals surface area contributed by atoms with Crippen LogP contribution in [0.2, 0.25) is 0 Å². The summed E-state index contributed by atoms with van der Waals surface area (Å²) in [5.74, 6) is 0.414. The molecule has 0 radical (unpaired) electrons. The maximum absolute atomic E-state index is 13.5. The van der Waals surface area contributed by atoms with Gasteiger partial charge in [-0.1, -0.05) is 38.1 Å². The largest absolute Gasteiger partial charge is 0.317 e. The summed E-state index contributed by atoms with van der Waals surface area (Å²) in [6.07, 6.45) is 0. The molecule has 1 amide bonds. The quantitative estimate of drug-likeness (QED) is 0.164. The van der Waals surface area contributed by atoms with E-state index < -0.39 is 26.7 Å². The van der Waals surface area contributed by atoms with Gasteiger partial charge in [-0.3, -0.25) is 14.9 Å². The highest BCUT2D eigenvalue weighted by molar-refractivity contribution is 7.91. The number of non-ortho nitro benzene ring substituents is 1. The highest BCUT2D eigenvalue weighted by atomic mass is 32.2. The van der Waals surface area contributed by atoms with Crippen molar-refractivity contribution in [2.45, 2.75) is 42.5 Å². The van der Waals surface area contributed by atoms with Crippen molar-refractivity contribution >= 4 is 44.5 Å². The minimum Gasteiger partial charge on any atom is -0.317 e. The second-order valence-corrected chi connectivity index (χ2v) is 13.4. The Kier molecular flexibility index (Phi) is 6.82. The number of nitro benzene ring substituents is 1. The molecule has 11 nitrogen and oxygen atoms in total. The molecule has 0 fully saturated rings. The van der Waals surface area contributed by atoms with Gasteiger partial charge in [0.1, 0.15) is 0 Å². The Bertz CT molecular complexity index is 2170. The van der Waals surface area contributed by atoms with Crippen molar-refractivity contribution in [3.8, 4) is 5.69 Å². The molecule has 0 saturated heterocycles. The van der Waals surface area contributed by atoms with Gasteiger partial charge in [-0.05, 0) is 84.6 Å². The summed E-state index contributed by atoms with van der Waals surface area (Å²) in [5.41, 5.74) is 4.93. The molecule has 7 rings (SSSR count). The summed E-state index contributed by atoms with van der Waals surface area (Å²) in [7, 11) is -3.76. The van der Waals surface area contributed by atoms with Crippen molar-refractivity contribution in [3.05, 3.63) is 130 Å². The van der Waals surface area contributed by atoms with Gasteiger partial charge in [-0.2, -0.15) is 5.10 Å². The van der Waals surface area contributed by atoms with Gasteiger partial charge in [0.2, 0.25) is 15.7 Å². The number of para-hydroxylation sites is 2. The smallest absolute Gasteiger partial charge is 0.291 e. The molecule has 5 aromatic rings. The number of fused-ring (bicyclic) bond motifs is 4. The van der Waals surface area contributed by atoms with Crippen LogP contribution in [0.5, 0.6) is 0 Å². The SMILES string of the molecule is Cc1nn(-c2ccc(S(=O)(=O)c3ccc(C(C)C)cc3)cc2)c2c1[C@H](c1ccc([N+](=O)[O-])cc1)N1C(=N2)C(=O)Nc2ccccc21. The molecule has 2 aliphatic rings. The van der Waals surface area contributed by atoms with Crippen molar-refractivity contribution in [2.75, 3.05) is 10.2 Å². The number of amides is 1. The number of carbonyl (C=O) groups excluding carboxylic acids is 1. The predicted octanol–water partition coefficient (Wildman–Crippen LogP) is 6.64. The number of rotatable bonds is 6.